The summed E-state index contributed by atoms with van der Waals surface area (Å²) in [6.45, 7) is 8.39. The first-order chi connectivity index (χ1) is 6.92. The Kier molecular flexibility index (Phi) is 4.29. The molecule has 0 saturated carbocycles. The van der Waals surface area contributed by atoms with Crippen LogP contribution in [-0.2, 0) is 4.79 Å². The molecule has 0 aromatic heterocycles. The first-order valence-corrected chi connectivity index (χ1v) is 5.83. The van der Waals surface area contributed by atoms with Gasteiger partial charge in [0.2, 0.25) is 0 Å². The molecule has 88 valence electrons. The first kappa shape index (κ1) is 12.7. The fourth-order valence-electron chi connectivity index (χ4n) is 1.97. The molecule has 1 rings (SSSR count). The van der Waals surface area contributed by atoms with E-state index in [0.29, 0.717) is 0 Å². The van der Waals surface area contributed by atoms with Gasteiger partial charge in [0.15, 0.2) is 0 Å². The second-order valence-corrected chi connectivity index (χ2v) is 5.30. The van der Waals surface area contributed by atoms with Gasteiger partial charge in [-0.15, -0.1) is 0 Å². The molecule has 1 heterocycles. The van der Waals surface area contributed by atoms with Crippen molar-refractivity contribution in [2.24, 2.45) is 5.41 Å². The molecule has 3 heteroatoms. The minimum absolute atomic E-state index is 0.143. The fourth-order valence-corrected chi connectivity index (χ4v) is 1.97. The molecule has 0 amide bonds. The minimum atomic E-state index is -0.255. The SMILES string of the molecule is CC(=O)C(C)(C)CN1CCCC(O)CC1. The van der Waals surface area contributed by atoms with Crippen molar-refractivity contribution in [3.8, 4) is 0 Å². The fraction of sp³-hybridized carbons (Fsp3) is 0.917. The number of carbonyl (C=O) groups excluding carboxylic acids is 1. The summed E-state index contributed by atoms with van der Waals surface area (Å²) in [4.78, 5) is 13.7. The quantitative estimate of drug-likeness (QED) is 0.771. The molecule has 0 spiro atoms. The number of ketones is 1. The number of nitrogens with zero attached hydrogens (tertiary/aromatic N) is 1. The van der Waals surface area contributed by atoms with E-state index in [-0.39, 0.29) is 17.3 Å². The van der Waals surface area contributed by atoms with Gasteiger partial charge in [-0.05, 0) is 32.7 Å². The molecule has 0 aromatic carbocycles. The highest BCUT2D eigenvalue weighted by molar-refractivity contribution is 5.81. The van der Waals surface area contributed by atoms with Gasteiger partial charge in [0.25, 0.3) is 0 Å². The second-order valence-electron chi connectivity index (χ2n) is 5.30. The third kappa shape index (κ3) is 3.92. The van der Waals surface area contributed by atoms with Crippen LogP contribution in [0.5, 0.6) is 0 Å². The average molecular weight is 213 g/mol. The van der Waals surface area contributed by atoms with Gasteiger partial charge < -0.3 is 10.0 Å². The van der Waals surface area contributed by atoms with Crippen molar-refractivity contribution in [2.75, 3.05) is 19.6 Å². The van der Waals surface area contributed by atoms with Crippen molar-refractivity contribution in [1.29, 1.82) is 0 Å². The Bertz CT molecular complexity index is 226. The first-order valence-electron chi connectivity index (χ1n) is 5.83. The van der Waals surface area contributed by atoms with Gasteiger partial charge in [-0.1, -0.05) is 13.8 Å². The van der Waals surface area contributed by atoms with E-state index in [4.69, 9.17) is 0 Å². The third-order valence-electron chi connectivity index (χ3n) is 3.36. The molecule has 1 aliphatic heterocycles. The number of carbonyl (C=O) groups is 1. The van der Waals surface area contributed by atoms with Gasteiger partial charge in [-0.3, -0.25) is 4.79 Å². The lowest BCUT2D eigenvalue weighted by Crippen LogP contribution is -2.39. The summed E-state index contributed by atoms with van der Waals surface area (Å²) < 4.78 is 0. The lowest BCUT2D eigenvalue weighted by molar-refractivity contribution is -0.125. The molecule has 1 aliphatic rings. The molecular weight excluding hydrogens is 190 g/mol. The predicted molar refractivity (Wildman–Crippen MR) is 60.8 cm³/mol. The van der Waals surface area contributed by atoms with Crippen LogP contribution in [0.3, 0.4) is 0 Å². The van der Waals surface area contributed by atoms with Gasteiger partial charge in [-0.25, -0.2) is 0 Å². The van der Waals surface area contributed by atoms with E-state index in [1.54, 1.807) is 6.92 Å². The van der Waals surface area contributed by atoms with Crippen molar-refractivity contribution in [1.82, 2.24) is 4.90 Å². The summed E-state index contributed by atoms with van der Waals surface area (Å²) in [5.41, 5.74) is -0.255. The van der Waals surface area contributed by atoms with Gasteiger partial charge in [-0.2, -0.15) is 0 Å². The highest BCUT2D eigenvalue weighted by atomic mass is 16.3. The van der Waals surface area contributed by atoms with Crippen molar-refractivity contribution in [2.45, 2.75) is 46.1 Å². The Morgan fingerprint density at radius 2 is 2.07 bits per heavy atom. The molecule has 15 heavy (non-hydrogen) atoms. The van der Waals surface area contributed by atoms with E-state index in [2.05, 4.69) is 4.90 Å². The molecule has 1 N–H and O–H groups in total. The Morgan fingerprint density at radius 3 is 2.67 bits per heavy atom. The molecule has 1 atom stereocenters. The summed E-state index contributed by atoms with van der Waals surface area (Å²) in [6.07, 6.45) is 2.63. The summed E-state index contributed by atoms with van der Waals surface area (Å²) in [5.74, 6) is 0.243. The molecule has 1 saturated heterocycles. The maximum Gasteiger partial charge on any atom is 0.136 e. The van der Waals surface area contributed by atoms with Crippen LogP contribution in [0.25, 0.3) is 0 Å². The molecule has 0 aromatic rings. The van der Waals surface area contributed by atoms with E-state index < -0.39 is 0 Å². The van der Waals surface area contributed by atoms with Crippen LogP contribution in [-0.4, -0.2) is 41.5 Å². The van der Waals surface area contributed by atoms with Gasteiger partial charge >= 0.3 is 0 Å². The van der Waals surface area contributed by atoms with Crippen LogP contribution in [0, 0.1) is 5.41 Å². The lowest BCUT2D eigenvalue weighted by atomic mass is 9.88. The second kappa shape index (κ2) is 5.08. The van der Waals surface area contributed by atoms with Crippen molar-refractivity contribution in [3.05, 3.63) is 0 Å². The number of hydrogen-bond acceptors (Lipinski definition) is 3. The number of hydrogen-bond donors (Lipinski definition) is 1. The van der Waals surface area contributed by atoms with Gasteiger partial charge in [0.05, 0.1) is 6.10 Å². The van der Waals surface area contributed by atoms with Crippen LogP contribution < -0.4 is 0 Å². The van der Waals surface area contributed by atoms with Gasteiger partial charge in [0.1, 0.15) is 5.78 Å². The Balaban J connectivity index is 2.47. The van der Waals surface area contributed by atoms with Crippen LogP contribution in [0.1, 0.15) is 40.0 Å². The molecule has 3 nitrogen and oxygen atoms in total. The zero-order valence-corrected chi connectivity index (χ0v) is 10.1. The van der Waals surface area contributed by atoms with Crippen LogP contribution >= 0.6 is 0 Å². The number of Topliss-reactive ketones (excluding diaryl/α,β-unsaturated/α-hetero) is 1. The summed E-state index contributed by atoms with van der Waals surface area (Å²) >= 11 is 0. The normalized spacial score (nSPS) is 24.9. The topological polar surface area (TPSA) is 40.5 Å². The van der Waals surface area contributed by atoms with Crippen LogP contribution in [0.2, 0.25) is 0 Å². The maximum atomic E-state index is 11.4. The van der Waals surface area contributed by atoms with E-state index in [1.807, 2.05) is 13.8 Å². The average Bonchev–Trinajstić information content (AvgIpc) is 2.30. The molecular formula is C12H23NO2. The number of likely N-dealkylation sites (tertiary alicyclic amines) is 1. The molecule has 0 aliphatic carbocycles. The van der Waals surface area contributed by atoms with E-state index in [1.165, 1.54) is 0 Å². The van der Waals surface area contributed by atoms with E-state index in [9.17, 15) is 9.90 Å². The Labute approximate surface area is 92.5 Å². The standard InChI is InChI=1S/C12H23NO2/c1-10(14)12(2,3)9-13-7-4-5-11(15)6-8-13/h11,15H,4-9H2,1-3H3. The van der Waals surface area contributed by atoms with Gasteiger partial charge in [0, 0.05) is 18.5 Å². The maximum absolute atomic E-state index is 11.4. The largest absolute Gasteiger partial charge is 0.393 e. The molecule has 0 bridgehead atoms. The Hall–Kier alpha value is -0.410. The van der Waals surface area contributed by atoms with Crippen LogP contribution in [0.4, 0.5) is 0 Å². The monoisotopic (exact) mass is 213 g/mol. The minimum Gasteiger partial charge on any atom is -0.393 e. The van der Waals surface area contributed by atoms with E-state index >= 15 is 0 Å². The zero-order valence-electron chi connectivity index (χ0n) is 10.1. The number of rotatable bonds is 3. The molecule has 1 fully saturated rings. The summed E-state index contributed by atoms with van der Waals surface area (Å²) in [6, 6.07) is 0. The van der Waals surface area contributed by atoms with Crippen molar-refractivity contribution >= 4 is 5.78 Å². The van der Waals surface area contributed by atoms with E-state index in [0.717, 1.165) is 38.9 Å². The van der Waals surface area contributed by atoms with Crippen molar-refractivity contribution < 1.29 is 9.90 Å². The summed E-state index contributed by atoms with van der Waals surface area (Å²) in [5, 5.41) is 9.52. The highest BCUT2D eigenvalue weighted by Crippen LogP contribution is 2.20. The van der Waals surface area contributed by atoms with Crippen molar-refractivity contribution in [3.63, 3.8) is 0 Å². The summed E-state index contributed by atoms with van der Waals surface area (Å²) in [7, 11) is 0. The smallest absolute Gasteiger partial charge is 0.136 e. The highest BCUT2D eigenvalue weighted by Gasteiger charge is 2.27. The predicted octanol–water partition coefficient (Wildman–Crippen LogP) is 1.45. The number of aliphatic hydroxyl groups is 1. The van der Waals surface area contributed by atoms with Crippen LogP contribution in [0.15, 0.2) is 0 Å². The zero-order chi connectivity index (χ0) is 11.5. The molecule has 0 radical (unpaired) electrons. The Morgan fingerprint density at radius 1 is 1.40 bits per heavy atom. The third-order valence-corrected chi connectivity index (χ3v) is 3.36. The number of aliphatic hydroxyl groups excluding tert-OH is 1. The lowest BCUT2D eigenvalue weighted by Gasteiger charge is -2.29. The molecule has 1 unspecified atom stereocenters.